The van der Waals surface area contributed by atoms with Gasteiger partial charge in [-0.05, 0) is 38.7 Å². The molecule has 0 unspecified atom stereocenters. The van der Waals surface area contributed by atoms with Gasteiger partial charge < -0.3 is 5.11 Å². The highest BCUT2D eigenvalue weighted by Crippen LogP contribution is 2.20. The Balaban J connectivity index is 2.56. The number of allylic oxidation sites excluding steroid dienone is 1. The molecule has 0 saturated heterocycles. The van der Waals surface area contributed by atoms with Crippen molar-refractivity contribution in [1.82, 2.24) is 0 Å². The van der Waals surface area contributed by atoms with E-state index in [1.807, 2.05) is 6.08 Å². The summed E-state index contributed by atoms with van der Waals surface area (Å²) in [4.78, 5) is 0. The highest BCUT2D eigenvalue weighted by Gasteiger charge is 2.07. The Kier molecular flexibility index (Phi) is 4.31. The van der Waals surface area contributed by atoms with Gasteiger partial charge in [-0.25, -0.2) is 0 Å². The summed E-state index contributed by atoms with van der Waals surface area (Å²) in [6.45, 7) is 7.89. The SMILES string of the molecule is Cc1ccc([C@H](C)C/C=C/C(C)(C)O)cc1. The van der Waals surface area contributed by atoms with E-state index in [4.69, 9.17) is 0 Å². The number of hydrogen-bond acceptors (Lipinski definition) is 1. The standard InChI is InChI=1S/C15H22O/c1-12-7-9-14(10-8-12)13(2)6-5-11-15(3,4)16/h5,7-11,13,16H,6H2,1-4H3/b11-5+/t13-/m1/s1. The zero-order chi connectivity index (χ0) is 12.2. The average molecular weight is 218 g/mol. The first-order valence-corrected chi connectivity index (χ1v) is 5.85. The van der Waals surface area contributed by atoms with Gasteiger partial charge in [-0.1, -0.05) is 48.9 Å². The van der Waals surface area contributed by atoms with E-state index < -0.39 is 5.60 Å². The fourth-order valence-electron chi connectivity index (χ4n) is 1.59. The van der Waals surface area contributed by atoms with E-state index in [1.54, 1.807) is 13.8 Å². The van der Waals surface area contributed by atoms with Crippen LogP contribution >= 0.6 is 0 Å². The maximum Gasteiger partial charge on any atom is 0.0771 e. The minimum Gasteiger partial charge on any atom is -0.386 e. The second kappa shape index (κ2) is 5.31. The van der Waals surface area contributed by atoms with E-state index in [1.165, 1.54) is 11.1 Å². The Morgan fingerprint density at radius 3 is 2.31 bits per heavy atom. The molecule has 0 aromatic heterocycles. The lowest BCUT2D eigenvalue weighted by Crippen LogP contribution is -2.13. The average Bonchev–Trinajstić information content (AvgIpc) is 2.16. The van der Waals surface area contributed by atoms with Crippen LogP contribution in [0.15, 0.2) is 36.4 Å². The van der Waals surface area contributed by atoms with Gasteiger partial charge in [-0.15, -0.1) is 0 Å². The number of hydrogen-bond donors (Lipinski definition) is 1. The quantitative estimate of drug-likeness (QED) is 0.762. The van der Waals surface area contributed by atoms with Crippen molar-refractivity contribution in [1.29, 1.82) is 0 Å². The monoisotopic (exact) mass is 218 g/mol. The first-order valence-electron chi connectivity index (χ1n) is 5.85. The summed E-state index contributed by atoms with van der Waals surface area (Å²) >= 11 is 0. The van der Waals surface area contributed by atoms with Crippen molar-refractivity contribution in [3.05, 3.63) is 47.5 Å². The maximum absolute atomic E-state index is 9.55. The van der Waals surface area contributed by atoms with Gasteiger partial charge >= 0.3 is 0 Å². The zero-order valence-electron chi connectivity index (χ0n) is 10.7. The van der Waals surface area contributed by atoms with Crippen molar-refractivity contribution in [2.45, 2.75) is 45.6 Å². The van der Waals surface area contributed by atoms with Gasteiger partial charge in [0.2, 0.25) is 0 Å². The molecule has 0 amide bonds. The Morgan fingerprint density at radius 2 is 1.81 bits per heavy atom. The minimum atomic E-state index is -0.701. The molecule has 0 aliphatic heterocycles. The molecular weight excluding hydrogens is 196 g/mol. The molecule has 1 N–H and O–H groups in total. The van der Waals surface area contributed by atoms with E-state index in [0.29, 0.717) is 5.92 Å². The van der Waals surface area contributed by atoms with Crippen LogP contribution in [0.25, 0.3) is 0 Å². The molecule has 0 saturated carbocycles. The highest BCUT2D eigenvalue weighted by molar-refractivity contribution is 5.24. The molecule has 0 aliphatic carbocycles. The molecular formula is C15H22O. The van der Waals surface area contributed by atoms with E-state index in [-0.39, 0.29) is 0 Å². The van der Waals surface area contributed by atoms with Gasteiger partial charge in [0, 0.05) is 0 Å². The van der Waals surface area contributed by atoms with Crippen LogP contribution in [-0.4, -0.2) is 10.7 Å². The number of benzene rings is 1. The lowest BCUT2D eigenvalue weighted by molar-refractivity contribution is 0.133. The van der Waals surface area contributed by atoms with Gasteiger partial charge in [0.25, 0.3) is 0 Å². The summed E-state index contributed by atoms with van der Waals surface area (Å²) in [5, 5.41) is 9.55. The van der Waals surface area contributed by atoms with Crippen LogP contribution in [0, 0.1) is 6.92 Å². The van der Waals surface area contributed by atoms with Crippen LogP contribution in [0.1, 0.15) is 44.2 Å². The lowest BCUT2D eigenvalue weighted by atomic mass is 9.96. The molecule has 0 aliphatic rings. The summed E-state index contributed by atoms with van der Waals surface area (Å²) in [5.41, 5.74) is 1.95. The fraction of sp³-hybridized carbons (Fsp3) is 0.467. The van der Waals surface area contributed by atoms with Crippen LogP contribution < -0.4 is 0 Å². The summed E-state index contributed by atoms with van der Waals surface area (Å²) in [5.74, 6) is 0.499. The predicted octanol–water partition coefficient (Wildman–Crippen LogP) is 3.82. The zero-order valence-corrected chi connectivity index (χ0v) is 10.7. The third-order valence-electron chi connectivity index (χ3n) is 2.66. The summed E-state index contributed by atoms with van der Waals surface area (Å²) in [6.07, 6.45) is 4.88. The van der Waals surface area contributed by atoms with Crippen LogP contribution in [-0.2, 0) is 0 Å². The number of aryl methyl sites for hydroxylation is 1. The molecule has 0 bridgehead atoms. The Morgan fingerprint density at radius 1 is 1.25 bits per heavy atom. The van der Waals surface area contributed by atoms with Crippen molar-refractivity contribution in [3.8, 4) is 0 Å². The van der Waals surface area contributed by atoms with Crippen molar-refractivity contribution >= 4 is 0 Å². The molecule has 16 heavy (non-hydrogen) atoms. The van der Waals surface area contributed by atoms with Crippen molar-refractivity contribution in [3.63, 3.8) is 0 Å². The van der Waals surface area contributed by atoms with Gasteiger partial charge in [-0.3, -0.25) is 0 Å². The molecule has 1 aromatic rings. The molecule has 1 rings (SSSR count). The topological polar surface area (TPSA) is 20.2 Å². The Bertz CT molecular complexity index is 341. The smallest absolute Gasteiger partial charge is 0.0771 e. The summed E-state index contributed by atoms with van der Waals surface area (Å²) < 4.78 is 0. The van der Waals surface area contributed by atoms with Crippen LogP contribution in [0.4, 0.5) is 0 Å². The molecule has 1 heteroatoms. The van der Waals surface area contributed by atoms with E-state index >= 15 is 0 Å². The Hall–Kier alpha value is -1.08. The molecule has 0 fully saturated rings. The second-order valence-corrected chi connectivity index (χ2v) is 5.10. The molecule has 1 aromatic carbocycles. The van der Waals surface area contributed by atoms with Gasteiger partial charge in [-0.2, -0.15) is 0 Å². The largest absolute Gasteiger partial charge is 0.386 e. The summed E-state index contributed by atoms with van der Waals surface area (Å²) in [7, 11) is 0. The molecule has 0 spiro atoms. The molecule has 0 heterocycles. The normalized spacial score (nSPS) is 14.3. The Labute approximate surface area is 98.8 Å². The first-order chi connectivity index (χ1) is 7.38. The van der Waals surface area contributed by atoms with Crippen LogP contribution in [0.2, 0.25) is 0 Å². The minimum absolute atomic E-state index is 0.499. The van der Waals surface area contributed by atoms with E-state index in [0.717, 1.165) is 6.42 Å². The van der Waals surface area contributed by atoms with Gasteiger partial charge in [0.05, 0.1) is 5.60 Å². The molecule has 1 nitrogen and oxygen atoms in total. The fourth-order valence-corrected chi connectivity index (χ4v) is 1.59. The van der Waals surface area contributed by atoms with Gasteiger partial charge in [0.15, 0.2) is 0 Å². The van der Waals surface area contributed by atoms with Crippen LogP contribution in [0.3, 0.4) is 0 Å². The molecule has 88 valence electrons. The third-order valence-corrected chi connectivity index (χ3v) is 2.66. The van der Waals surface area contributed by atoms with Crippen molar-refractivity contribution in [2.75, 3.05) is 0 Å². The summed E-state index contributed by atoms with van der Waals surface area (Å²) in [6, 6.07) is 8.65. The highest BCUT2D eigenvalue weighted by atomic mass is 16.3. The second-order valence-electron chi connectivity index (χ2n) is 5.10. The number of rotatable bonds is 4. The van der Waals surface area contributed by atoms with Crippen molar-refractivity contribution < 1.29 is 5.11 Å². The van der Waals surface area contributed by atoms with E-state index in [2.05, 4.69) is 44.2 Å². The van der Waals surface area contributed by atoms with Crippen LogP contribution in [0.5, 0.6) is 0 Å². The lowest BCUT2D eigenvalue weighted by Gasteiger charge is -2.12. The third kappa shape index (κ3) is 4.63. The first kappa shape index (κ1) is 13.0. The van der Waals surface area contributed by atoms with Gasteiger partial charge in [0.1, 0.15) is 0 Å². The van der Waals surface area contributed by atoms with Crippen molar-refractivity contribution in [2.24, 2.45) is 0 Å². The molecule has 0 radical (unpaired) electrons. The maximum atomic E-state index is 9.55. The molecule has 1 atom stereocenters. The number of aliphatic hydroxyl groups is 1. The van der Waals surface area contributed by atoms with E-state index in [9.17, 15) is 5.11 Å². The predicted molar refractivity (Wildman–Crippen MR) is 69.6 cm³/mol.